The summed E-state index contributed by atoms with van der Waals surface area (Å²) in [6.07, 6.45) is 1.85. The number of nitrogens with one attached hydrogen (secondary N) is 1. The van der Waals surface area contributed by atoms with Gasteiger partial charge < -0.3 is 5.32 Å². The molecule has 0 saturated carbocycles. The van der Waals surface area contributed by atoms with Crippen molar-refractivity contribution in [3.05, 3.63) is 45.2 Å². The molecule has 1 heterocycles. The Hall–Kier alpha value is -0.740. The summed E-state index contributed by atoms with van der Waals surface area (Å²) in [6.45, 7) is 7.02. The molecule has 108 valence electrons. The first-order valence-corrected chi connectivity index (χ1v) is 7.34. The van der Waals surface area contributed by atoms with Crippen LogP contribution in [0.4, 0.5) is 0 Å². The fourth-order valence-electron chi connectivity index (χ4n) is 1.63. The van der Waals surface area contributed by atoms with E-state index in [1.807, 2.05) is 12.3 Å². The largest absolute Gasteiger partial charge is 0.306 e. The standard InChI is InChI=1S/C14H16Cl3N3/c1-14(2,3)18-8-9-4-5-20(19-9)13-7-11(16)10(15)6-12(13)17/h4-7,18H,8H2,1-3H3. The number of nitrogens with zero attached hydrogens (tertiary/aromatic N) is 2. The molecule has 2 rings (SSSR count). The van der Waals surface area contributed by atoms with Crippen molar-refractivity contribution in [2.24, 2.45) is 0 Å². The van der Waals surface area contributed by atoms with Gasteiger partial charge in [0, 0.05) is 18.3 Å². The van der Waals surface area contributed by atoms with E-state index >= 15 is 0 Å². The normalized spacial score (nSPS) is 11.9. The molecule has 1 aromatic carbocycles. The van der Waals surface area contributed by atoms with E-state index in [0.717, 1.165) is 5.69 Å². The second kappa shape index (κ2) is 5.94. The van der Waals surface area contributed by atoms with Gasteiger partial charge in [-0.3, -0.25) is 0 Å². The number of hydrogen-bond donors (Lipinski definition) is 1. The summed E-state index contributed by atoms with van der Waals surface area (Å²) in [4.78, 5) is 0. The molecule has 0 aliphatic rings. The topological polar surface area (TPSA) is 29.9 Å². The van der Waals surface area contributed by atoms with Crippen molar-refractivity contribution in [3.8, 4) is 5.69 Å². The molecule has 0 bridgehead atoms. The van der Waals surface area contributed by atoms with Crippen LogP contribution in [-0.2, 0) is 6.54 Å². The molecule has 0 unspecified atom stereocenters. The molecule has 0 aliphatic heterocycles. The van der Waals surface area contributed by atoms with Gasteiger partial charge in [0.25, 0.3) is 0 Å². The lowest BCUT2D eigenvalue weighted by molar-refractivity contribution is 0.420. The smallest absolute Gasteiger partial charge is 0.0847 e. The summed E-state index contributed by atoms with van der Waals surface area (Å²) in [7, 11) is 0. The molecular formula is C14H16Cl3N3. The number of rotatable bonds is 3. The summed E-state index contributed by atoms with van der Waals surface area (Å²) in [5, 5.41) is 9.26. The lowest BCUT2D eigenvalue weighted by Gasteiger charge is -2.19. The van der Waals surface area contributed by atoms with E-state index in [2.05, 4.69) is 31.2 Å². The Labute approximate surface area is 133 Å². The van der Waals surface area contributed by atoms with Gasteiger partial charge in [0.2, 0.25) is 0 Å². The molecule has 0 saturated heterocycles. The highest BCUT2D eigenvalue weighted by Crippen LogP contribution is 2.30. The molecule has 3 nitrogen and oxygen atoms in total. The Morgan fingerprint density at radius 2 is 1.75 bits per heavy atom. The zero-order chi connectivity index (χ0) is 14.9. The molecule has 0 radical (unpaired) electrons. The maximum absolute atomic E-state index is 6.18. The van der Waals surface area contributed by atoms with E-state index in [1.54, 1.807) is 16.8 Å². The van der Waals surface area contributed by atoms with Crippen molar-refractivity contribution in [2.45, 2.75) is 32.9 Å². The first kappa shape index (κ1) is 15.6. The summed E-state index contributed by atoms with van der Waals surface area (Å²) in [5.41, 5.74) is 1.69. The van der Waals surface area contributed by atoms with Crippen LogP contribution in [0, 0.1) is 0 Å². The van der Waals surface area contributed by atoms with Crippen molar-refractivity contribution in [2.75, 3.05) is 0 Å². The lowest BCUT2D eigenvalue weighted by Crippen LogP contribution is -2.35. The molecule has 0 atom stereocenters. The molecular weight excluding hydrogens is 317 g/mol. The van der Waals surface area contributed by atoms with E-state index in [-0.39, 0.29) is 5.54 Å². The van der Waals surface area contributed by atoms with E-state index in [4.69, 9.17) is 34.8 Å². The molecule has 1 N–H and O–H groups in total. The molecule has 0 spiro atoms. The number of hydrogen-bond acceptors (Lipinski definition) is 2. The van der Waals surface area contributed by atoms with Crippen LogP contribution in [0.2, 0.25) is 15.1 Å². The fourth-order valence-corrected chi connectivity index (χ4v) is 2.26. The first-order valence-electron chi connectivity index (χ1n) is 6.21. The highest BCUT2D eigenvalue weighted by atomic mass is 35.5. The average Bonchev–Trinajstić information content (AvgIpc) is 2.79. The van der Waals surface area contributed by atoms with Crippen LogP contribution < -0.4 is 5.32 Å². The van der Waals surface area contributed by atoms with Crippen molar-refractivity contribution in [1.82, 2.24) is 15.1 Å². The van der Waals surface area contributed by atoms with Crippen molar-refractivity contribution in [1.29, 1.82) is 0 Å². The van der Waals surface area contributed by atoms with Gasteiger partial charge in [0.1, 0.15) is 0 Å². The van der Waals surface area contributed by atoms with Crippen molar-refractivity contribution < 1.29 is 0 Å². The summed E-state index contributed by atoms with van der Waals surface area (Å²) < 4.78 is 1.70. The zero-order valence-electron chi connectivity index (χ0n) is 11.5. The minimum absolute atomic E-state index is 0.0466. The third-order valence-electron chi connectivity index (χ3n) is 2.68. The number of aromatic nitrogens is 2. The predicted octanol–water partition coefficient (Wildman–Crippen LogP) is 4.72. The van der Waals surface area contributed by atoms with Crippen molar-refractivity contribution >= 4 is 34.8 Å². The SMILES string of the molecule is CC(C)(C)NCc1ccn(-c2cc(Cl)c(Cl)cc2Cl)n1. The summed E-state index contributed by atoms with van der Waals surface area (Å²) in [6, 6.07) is 5.27. The zero-order valence-corrected chi connectivity index (χ0v) is 13.8. The van der Waals surface area contributed by atoms with Crippen molar-refractivity contribution in [3.63, 3.8) is 0 Å². The number of benzene rings is 1. The first-order chi connectivity index (χ1) is 9.26. The van der Waals surface area contributed by atoms with E-state index in [0.29, 0.717) is 27.3 Å². The second-order valence-corrected chi connectivity index (χ2v) is 6.79. The predicted molar refractivity (Wildman–Crippen MR) is 85.2 cm³/mol. The Balaban J connectivity index is 2.23. The van der Waals surface area contributed by atoms with Crippen LogP contribution in [0.5, 0.6) is 0 Å². The highest BCUT2D eigenvalue weighted by molar-refractivity contribution is 6.43. The van der Waals surface area contributed by atoms with Gasteiger partial charge >= 0.3 is 0 Å². The van der Waals surface area contributed by atoms with Crippen LogP contribution in [0.25, 0.3) is 5.69 Å². The monoisotopic (exact) mass is 331 g/mol. The molecule has 6 heteroatoms. The van der Waals surface area contributed by atoms with Gasteiger partial charge in [-0.1, -0.05) is 34.8 Å². The second-order valence-electron chi connectivity index (χ2n) is 5.57. The minimum atomic E-state index is 0.0466. The Morgan fingerprint density at radius 1 is 1.10 bits per heavy atom. The Bertz CT molecular complexity index is 615. The van der Waals surface area contributed by atoms with Crippen LogP contribution >= 0.6 is 34.8 Å². The molecule has 0 fully saturated rings. The van der Waals surface area contributed by atoms with E-state index in [1.165, 1.54) is 0 Å². The van der Waals surface area contributed by atoms with Gasteiger partial charge in [0.05, 0.1) is 26.4 Å². The molecule has 20 heavy (non-hydrogen) atoms. The quantitative estimate of drug-likeness (QED) is 0.824. The van der Waals surface area contributed by atoms with Crippen LogP contribution in [0.15, 0.2) is 24.4 Å². The lowest BCUT2D eigenvalue weighted by atomic mass is 10.1. The Morgan fingerprint density at radius 3 is 2.40 bits per heavy atom. The van der Waals surface area contributed by atoms with Crippen LogP contribution in [0.1, 0.15) is 26.5 Å². The van der Waals surface area contributed by atoms with Gasteiger partial charge in [0.15, 0.2) is 0 Å². The fraction of sp³-hybridized carbons (Fsp3) is 0.357. The van der Waals surface area contributed by atoms with Gasteiger partial charge in [-0.05, 0) is 39.0 Å². The third-order valence-corrected chi connectivity index (χ3v) is 3.71. The van der Waals surface area contributed by atoms with Crippen LogP contribution in [0.3, 0.4) is 0 Å². The maximum Gasteiger partial charge on any atom is 0.0847 e. The third kappa shape index (κ3) is 3.89. The van der Waals surface area contributed by atoms with Crippen LogP contribution in [-0.4, -0.2) is 15.3 Å². The minimum Gasteiger partial charge on any atom is -0.306 e. The Kier molecular flexibility index (Phi) is 4.65. The van der Waals surface area contributed by atoms with Gasteiger partial charge in [-0.2, -0.15) is 5.10 Å². The van der Waals surface area contributed by atoms with Gasteiger partial charge in [-0.15, -0.1) is 0 Å². The van der Waals surface area contributed by atoms with E-state index < -0.39 is 0 Å². The maximum atomic E-state index is 6.18. The molecule has 2 aromatic rings. The van der Waals surface area contributed by atoms with Gasteiger partial charge in [-0.25, -0.2) is 4.68 Å². The molecule has 1 aromatic heterocycles. The number of halogens is 3. The summed E-state index contributed by atoms with van der Waals surface area (Å²) in [5.74, 6) is 0. The molecule has 0 amide bonds. The highest BCUT2D eigenvalue weighted by Gasteiger charge is 2.12. The van der Waals surface area contributed by atoms with E-state index in [9.17, 15) is 0 Å². The average molecular weight is 333 g/mol. The molecule has 0 aliphatic carbocycles. The summed E-state index contributed by atoms with van der Waals surface area (Å²) >= 11 is 18.1.